The summed E-state index contributed by atoms with van der Waals surface area (Å²) in [6, 6.07) is 4.08. The fraction of sp³-hybridized carbons (Fsp3) is 0.182. The summed E-state index contributed by atoms with van der Waals surface area (Å²) in [4.78, 5) is 4.42. The quantitative estimate of drug-likeness (QED) is 0.676. The zero-order valence-electron chi connectivity index (χ0n) is 7.99. The molecule has 2 aromatic rings. The van der Waals surface area contributed by atoms with E-state index in [1.807, 2.05) is 18.5 Å². The van der Waals surface area contributed by atoms with Gasteiger partial charge in [-0.3, -0.25) is 4.98 Å². The highest BCUT2D eigenvalue weighted by atomic mass is 15.0. The number of aryl methyl sites for hydroxylation is 1. The zero-order valence-corrected chi connectivity index (χ0v) is 7.99. The Bertz CT molecular complexity index is 523. The monoisotopic (exact) mass is 185 g/mol. The van der Waals surface area contributed by atoms with Crippen molar-refractivity contribution in [3.8, 4) is 0 Å². The number of hydrogen-bond donors (Lipinski definition) is 1. The van der Waals surface area contributed by atoms with E-state index in [0.717, 1.165) is 12.1 Å². The standard InChI is InChI=1S/C11H11N3/c1-14-9-4-6-12-7-8(9)11-10(14)3-2-5-13-11/h2-6,12H,7H2,1H3. The summed E-state index contributed by atoms with van der Waals surface area (Å²) in [6.45, 7) is 0.875. The number of hydrogen-bond acceptors (Lipinski definition) is 2. The topological polar surface area (TPSA) is 29.9 Å². The first-order chi connectivity index (χ1) is 6.88. The van der Waals surface area contributed by atoms with Crippen LogP contribution in [-0.4, -0.2) is 9.55 Å². The Balaban J connectivity index is 2.48. The summed E-state index contributed by atoms with van der Waals surface area (Å²) in [6.07, 6.45) is 5.93. The second-order valence-electron chi connectivity index (χ2n) is 3.51. The van der Waals surface area contributed by atoms with Gasteiger partial charge in [0.2, 0.25) is 0 Å². The van der Waals surface area contributed by atoms with Crippen LogP contribution in [-0.2, 0) is 13.6 Å². The highest BCUT2D eigenvalue weighted by molar-refractivity contribution is 5.84. The van der Waals surface area contributed by atoms with Gasteiger partial charge in [0, 0.05) is 31.0 Å². The molecule has 0 atom stereocenters. The first kappa shape index (κ1) is 7.62. The van der Waals surface area contributed by atoms with Crippen molar-refractivity contribution in [2.75, 3.05) is 0 Å². The summed E-state index contributed by atoms with van der Waals surface area (Å²) >= 11 is 0. The van der Waals surface area contributed by atoms with E-state index < -0.39 is 0 Å². The molecule has 3 heteroatoms. The molecule has 3 nitrogen and oxygen atoms in total. The number of fused-ring (bicyclic) bond motifs is 3. The first-order valence-corrected chi connectivity index (χ1v) is 4.70. The molecule has 14 heavy (non-hydrogen) atoms. The molecule has 0 fully saturated rings. The Morgan fingerprint density at radius 3 is 3.36 bits per heavy atom. The SMILES string of the molecule is Cn1c2c(c3ncccc31)CNC=C2. The third-order valence-electron chi connectivity index (χ3n) is 2.74. The number of rotatable bonds is 0. The van der Waals surface area contributed by atoms with E-state index in [2.05, 4.69) is 34.1 Å². The van der Waals surface area contributed by atoms with Crippen molar-refractivity contribution in [3.05, 3.63) is 35.8 Å². The van der Waals surface area contributed by atoms with E-state index in [9.17, 15) is 0 Å². The van der Waals surface area contributed by atoms with Crippen molar-refractivity contribution >= 4 is 17.1 Å². The van der Waals surface area contributed by atoms with E-state index in [1.165, 1.54) is 16.8 Å². The van der Waals surface area contributed by atoms with Crippen LogP contribution < -0.4 is 5.32 Å². The van der Waals surface area contributed by atoms with E-state index >= 15 is 0 Å². The molecule has 0 unspecified atom stereocenters. The minimum Gasteiger partial charge on any atom is -0.387 e. The minimum atomic E-state index is 0.875. The molecule has 0 bridgehead atoms. The van der Waals surface area contributed by atoms with Crippen molar-refractivity contribution in [2.24, 2.45) is 7.05 Å². The maximum atomic E-state index is 4.42. The maximum absolute atomic E-state index is 4.42. The average molecular weight is 185 g/mol. The molecule has 2 aromatic heterocycles. The van der Waals surface area contributed by atoms with E-state index in [-0.39, 0.29) is 0 Å². The third kappa shape index (κ3) is 0.839. The second-order valence-corrected chi connectivity index (χ2v) is 3.51. The molecule has 0 spiro atoms. The fourth-order valence-electron chi connectivity index (χ4n) is 2.04. The predicted octanol–water partition coefficient (Wildman–Crippen LogP) is 1.65. The lowest BCUT2D eigenvalue weighted by Crippen LogP contribution is -2.10. The molecule has 0 saturated carbocycles. The van der Waals surface area contributed by atoms with Crippen LogP contribution in [0, 0.1) is 0 Å². The Hall–Kier alpha value is -1.77. The van der Waals surface area contributed by atoms with Gasteiger partial charge in [-0.05, 0) is 24.4 Å². The Morgan fingerprint density at radius 2 is 2.43 bits per heavy atom. The van der Waals surface area contributed by atoms with Gasteiger partial charge >= 0.3 is 0 Å². The van der Waals surface area contributed by atoms with Gasteiger partial charge in [-0.25, -0.2) is 0 Å². The van der Waals surface area contributed by atoms with Crippen molar-refractivity contribution in [1.29, 1.82) is 0 Å². The van der Waals surface area contributed by atoms with Crippen LogP contribution in [0.15, 0.2) is 24.5 Å². The number of pyridine rings is 1. The molecule has 70 valence electrons. The van der Waals surface area contributed by atoms with Gasteiger partial charge in [-0.1, -0.05) is 0 Å². The molecule has 0 amide bonds. The van der Waals surface area contributed by atoms with Gasteiger partial charge in [0.25, 0.3) is 0 Å². The molecule has 0 saturated heterocycles. The number of aromatic nitrogens is 2. The highest BCUT2D eigenvalue weighted by Crippen LogP contribution is 2.25. The van der Waals surface area contributed by atoms with Crippen molar-refractivity contribution < 1.29 is 0 Å². The summed E-state index contributed by atoms with van der Waals surface area (Å²) in [7, 11) is 2.08. The lowest BCUT2D eigenvalue weighted by atomic mass is 10.1. The van der Waals surface area contributed by atoms with Gasteiger partial charge in [0.15, 0.2) is 0 Å². The zero-order chi connectivity index (χ0) is 9.54. The van der Waals surface area contributed by atoms with Gasteiger partial charge < -0.3 is 9.88 Å². The van der Waals surface area contributed by atoms with Crippen LogP contribution in [0.2, 0.25) is 0 Å². The lowest BCUT2D eigenvalue weighted by molar-refractivity contribution is 0.838. The summed E-state index contributed by atoms with van der Waals surface area (Å²) in [5, 5.41) is 3.21. The van der Waals surface area contributed by atoms with Crippen LogP contribution in [0.5, 0.6) is 0 Å². The Labute approximate surface area is 82.1 Å². The molecule has 0 aliphatic carbocycles. The molecule has 3 heterocycles. The Kier molecular flexibility index (Phi) is 1.42. The number of nitrogens with one attached hydrogen (secondary N) is 1. The van der Waals surface area contributed by atoms with E-state index in [1.54, 1.807) is 0 Å². The van der Waals surface area contributed by atoms with Crippen LogP contribution >= 0.6 is 0 Å². The second kappa shape index (κ2) is 2.61. The third-order valence-corrected chi connectivity index (χ3v) is 2.74. The molecular formula is C11H11N3. The van der Waals surface area contributed by atoms with Gasteiger partial charge in [0.05, 0.1) is 11.0 Å². The molecule has 1 aliphatic rings. The molecule has 0 aromatic carbocycles. The molecule has 3 rings (SSSR count). The average Bonchev–Trinajstić information content (AvgIpc) is 2.55. The summed E-state index contributed by atoms with van der Waals surface area (Å²) in [5.74, 6) is 0. The summed E-state index contributed by atoms with van der Waals surface area (Å²) in [5.41, 5.74) is 4.87. The van der Waals surface area contributed by atoms with Crippen LogP contribution in [0.4, 0.5) is 0 Å². The highest BCUT2D eigenvalue weighted by Gasteiger charge is 2.14. The largest absolute Gasteiger partial charge is 0.387 e. The normalized spacial score (nSPS) is 14.1. The van der Waals surface area contributed by atoms with Gasteiger partial charge in [-0.2, -0.15) is 0 Å². The van der Waals surface area contributed by atoms with Crippen LogP contribution in [0.25, 0.3) is 17.1 Å². The molecule has 1 aliphatic heterocycles. The smallest absolute Gasteiger partial charge is 0.0937 e. The fourth-order valence-corrected chi connectivity index (χ4v) is 2.04. The van der Waals surface area contributed by atoms with Gasteiger partial charge in [-0.15, -0.1) is 0 Å². The Morgan fingerprint density at radius 1 is 1.50 bits per heavy atom. The maximum Gasteiger partial charge on any atom is 0.0937 e. The lowest BCUT2D eigenvalue weighted by Gasteiger charge is -2.08. The number of nitrogens with zero attached hydrogens (tertiary/aromatic N) is 2. The van der Waals surface area contributed by atoms with Crippen molar-refractivity contribution in [2.45, 2.75) is 6.54 Å². The summed E-state index contributed by atoms with van der Waals surface area (Å²) < 4.78 is 2.19. The van der Waals surface area contributed by atoms with Crippen LogP contribution in [0.3, 0.4) is 0 Å². The molecule has 1 N–H and O–H groups in total. The minimum absolute atomic E-state index is 0.875. The van der Waals surface area contributed by atoms with E-state index in [0.29, 0.717) is 0 Å². The molecular weight excluding hydrogens is 174 g/mol. The van der Waals surface area contributed by atoms with Crippen molar-refractivity contribution in [1.82, 2.24) is 14.9 Å². The van der Waals surface area contributed by atoms with Gasteiger partial charge in [0.1, 0.15) is 0 Å². The van der Waals surface area contributed by atoms with E-state index in [4.69, 9.17) is 0 Å². The van der Waals surface area contributed by atoms with Crippen LogP contribution in [0.1, 0.15) is 11.3 Å². The molecule has 0 radical (unpaired) electrons. The first-order valence-electron chi connectivity index (χ1n) is 4.70. The van der Waals surface area contributed by atoms with Crippen molar-refractivity contribution in [3.63, 3.8) is 0 Å². The predicted molar refractivity (Wildman–Crippen MR) is 56.6 cm³/mol.